The van der Waals surface area contributed by atoms with Crippen LogP contribution in [0.3, 0.4) is 0 Å². The summed E-state index contributed by atoms with van der Waals surface area (Å²) in [6.07, 6.45) is 3.90. The lowest BCUT2D eigenvalue weighted by Gasteiger charge is -2.25. The van der Waals surface area contributed by atoms with Crippen molar-refractivity contribution in [1.29, 1.82) is 0 Å². The average Bonchev–Trinajstić information content (AvgIpc) is 2.96. The Morgan fingerprint density at radius 3 is 2.75 bits per heavy atom. The molecule has 0 fully saturated rings. The molecular weight excluding hydrogens is 254 g/mol. The number of fused-ring (bicyclic) bond motifs is 1. The van der Waals surface area contributed by atoms with Crippen LogP contribution >= 0.6 is 0 Å². The first-order chi connectivity index (χ1) is 9.38. The van der Waals surface area contributed by atoms with Crippen LogP contribution in [-0.4, -0.2) is 25.7 Å². The van der Waals surface area contributed by atoms with Gasteiger partial charge in [0.25, 0.3) is 0 Å². The first-order valence-electron chi connectivity index (χ1n) is 6.74. The van der Waals surface area contributed by atoms with E-state index in [1.807, 2.05) is 7.05 Å². The van der Waals surface area contributed by atoms with Crippen LogP contribution in [0.2, 0.25) is 0 Å². The van der Waals surface area contributed by atoms with Gasteiger partial charge in [-0.2, -0.15) is 5.10 Å². The quantitative estimate of drug-likeness (QED) is 0.833. The molecule has 3 heterocycles. The summed E-state index contributed by atoms with van der Waals surface area (Å²) in [6, 6.07) is 0. The van der Waals surface area contributed by atoms with Gasteiger partial charge in [-0.25, -0.2) is 4.98 Å². The molecule has 2 aromatic rings. The van der Waals surface area contributed by atoms with Crippen LogP contribution in [0.15, 0.2) is 12.4 Å². The molecule has 1 amide bonds. The van der Waals surface area contributed by atoms with Gasteiger partial charge >= 0.3 is 0 Å². The summed E-state index contributed by atoms with van der Waals surface area (Å²) in [5.41, 5.74) is 2.00. The molecule has 0 spiro atoms. The molecule has 106 valence electrons. The van der Waals surface area contributed by atoms with E-state index in [0.29, 0.717) is 6.42 Å². The van der Waals surface area contributed by atoms with Crippen molar-refractivity contribution in [2.75, 3.05) is 5.32 Å². The summed E-state index contributed by atoms with van der Waals surface area (Å²) >= 11 is 0. The Morgan fingerprint density at radius 2 is 2.15 bits per heavy atom. The van der Waals surface area contributed by atoms with Gasteiger partial charge in [0.2, 0.25) is 5.91 Å². The van der Waals surface area contributed by atoms with Gasteiger partial charge in [-0.15, -0.1) is 0 Å². The maximum Gasteiger partial charge on any atom is 0.226 e. The number of H-pyrrole nitrogens is 1. The lowest BCUT2D eigenvalue weighted by molar-refractivity contribution is -0.116. The molecule has 2 N–H and O–H groups in total. The van der Waals surface area contributed by atoms with Crippen molar-refractivity contribution in [2.45, 2.75) is 38.5 Å². The molecule has 2 aromatic heterocycles. The fourth-order valence-electron chi connectivity index (χ4n) is 2.74. The smallest absolute Gasteiger partial charge is 0.226 e. The fourth-order valence-corrected chi connectivity index (χ4v) is 2.74. The zero-order valence-electron chi connectivity index (χ0n) is 12.2. The van der Waals surface area contributed by atoms with Crippen molar-refractivity contribution < 1.29 is 4.79 Å². The number of aromatic amines is 1. The summed E-state index contributed by atoms with van der Waals surface area (Å²) in [5.74, 6) is 1.55. The molecular formula is C14H19N5O. The highest BCUT2D eigenvalue weighted by Crippen LogP contribution is 2.41. The topological polar surface area (TPSA) is 75.6 Å². The minimum Gasteiger partial charge on any atom is -0.348 e. The van der Waals surface area contributed by atoms with Crippen molar-refractivity contribution in [3.8, 4) is 0 Å². The maximum atomic E-state index is 11.9. The zero-order chi connectivity index (χ0) is 14.5. The molecule has 1 atom stereocenters. The van der Waals surface area contributed by atoms with E-state index in [9.17, 15) is 4.79 Å². The fraction of sp³-hybridized carbons (Fsp3) is 0.500. The molecule has 1 aliphatic rings. The molecule has 6 heteroatoms. The van der Waals surface area contributed by atoms with Gasteiger partial charge in [-0.1, -0.05) is 20.8 Å². The normalized spacial score (nSPS) is 18.8. The molecule has 0 radical (unpaired) electrons. The molecule has 1 unspecified atom stereocenters. The van der Waals surface area contributed by atoms with E-state index in [2.05, 4.69) is 41.2 Å². The Labute approximate surface area is 117 Å². The number of aromatic nitrogens is 4. The van der Waals surface area contributed by atoms with Gasteiger partial charge in [0.15, 0.2) is 0 Å². The molecule has 0 aromatic carbocycles. The third-order valence-corrected chi connectivity index (χ3v) is 3.64. The second-order valence-electron chi connectivity index (χ2n) is 6.26. The van der Waals surface area contributed by atoms with E-state index in [1.165, 1.54) is 0 Å². The number of amides is 1. The minimum atomic E-state index is -0.0851. The Morgan fingerprint density at radius 1 is 1.40 bits per heavy atom. The molecule has 0 saturated heterocycles. The van der Waals surface area contributed by atoms with Crippen LogP contribution in [0.4, 0.5) is 5.82 Å². The lowest BCUT2D eigenvalue weighted by Crippen LogP contribution is -2.26. The number of imidazole rings is 1. The Bertz CT molecular complexity index is 648. The molecule has 20 heavy (non-hydrogen) atoms. The number of carbonyl (C=O) groups excluding carboxylic acids is 1. The first-order valence-corrected chi connectivity index (χ1v) is 6.74. The van der Waals surface area contributed by atoms with E-state index in [-0.39, 0.29) is 17.2 Å². The van der Waals surface area contributed by atoms with E-state index < -0.39 is 0 Å². The van der Waals surface area contributed by atoms with Crippen molar-refractivity contribution in [3.63, 3.8) is 0 Å². The van der Waals surface area contributed by atoms with E-state index >= 15 is 0 Å². The van der Waals surface area contributed by atoms with Gasteiger partial charge < -0.3 is 10.3 Å². The second-order valence-corrected chi connectivity index (χ2v) is 6.26. The van der Waals surface area contributed by atoms with E-state index in [4.69, 9.17) is 0 Å². The predicted molar refractivity (Wildman–Crippen MR) is 75.6 cm³/mol. The molecule has 0 bridgehead atoms. The molecule has 1 aliphatic heterocycles. The number of carbonyl (C=O) groups is 1. The Balaban J connectivity index is 2.22. The molecule has 0 aliphatic carbocycles. The van der Waals surface area contributed by atoms with Crippen LogP contribution in [0.1, 0.15) is 50.2 Å². The summed E-state index contributed by atoms with van der Waals surface area (Å²) in [4.78, 5) is 19.4. The summed E-state index contributed by atoms with van der Waals surface area (Å²) in [5, 5.41) is 7.55. The van der Waals surface area contributed by atoms with Crippen molar-refractivity contribution >= 4 is 11.7 Å². The van der Waals surface area contributed by atoms with Gasteiger partial charge in [-0.05, 0) is 0 Å². The lowest BCUT2D eigenvalue weighted by atomic mass is 9.82. The molecule has 3 rings (SSSR count). The van der Waals surface area contributed by atoms with Gasteiger partial charge in [0, 0.05) is 36.8 Å². The largest absolute Gasteiger partial charge is 0.348 e. The standard InChI is InChI=1S/C14H19N5O/c1-14(2,3)11-10-8(12-15-5-6-16-12)7-9(20)17-13(10)19(4)18-11/h5-6,8H,7H2,1-4H3,(H,15,16)(H,17,20). The molecule has 6 nitrogen and oxygen atoms in total. The predicted octanol–water partition coefficient (Wildman–Crippen LogP) is 1.91. The minimum absolute atomic E-state index is 0.00218. The maximum absolute atomic E-state index is 11.9. The van der Waals surface area contributed by atoms with Crippen LogP contribution in [0, 0.1) is 0 Å². The SMILES string of the molecule is Cn1nc(C(C)(C)C)c2c1NC(=O)CC2c1ncc[nH]1. The summed E-state index contributed by atoms with van der Waals surface area (Å²) in [7, 11) is 1.86. The van der Waals surface area contributed by atoms with Crippen LogP contribution < -0.4 is 5.32 Å². The van der Waals surface area contributed by atoms with Crippen LogP contribution in [0.5, 0.6) is 0 Å². The number of hydrogen-bond donors (Lipinski definition) is 2. The van der Waals surface area contributed by atoms with Gasteiger partial charge in [0.1, 0.15) is 11.6 Å². The van der Waals surface area contributed by atoms with Crippen molar-refractivity contribution in [2.24, 2.45) is 7.05 Å². The van der Waals surface area contributed by atoms with Crippen LogP contribution in [-0.2, 0) is 17.3 Å². The third kappa shape index (κ3) is 1.92. The number of aryl methyl sites for hydroxylation is 1. The summed E-state index contributed by atoms with van der Waals surface area (Å²) < 4.78 is 1.75. The summed E-state index contributed by atoms with van der Waals surface area (Å²) in [6.45, 7) is 6.39. The number of rotatable bonds is 1. The monoisotopic (exact) mass is 273 g/mol. The zero-order valence-corrected chi connectivity index (χ0v) is 12.2. The number of nitrogens with one attached hydrogen (secondary N) is 2. The highest BCUT2D eigenvalue weighted by atomic mass is 16.1. The van der Waals surface area contributed by atoms with Gasteiger partial charge in [0.05, 0.1) is 11.6 Å². The van der Waals surface area contributed by atoms with Crippen LogP contribution in [0.25, 0.3) is 0 Å². The van der Waals surface area contributed by atoms with E-state index in [1.54, 1.807) is 17.1 Å². The number of nitrogens with zero attached hydrogens (tertiary/aromatic N) is 3. The van der Waals surface area contributed by atoms with Crippen molar-refractivity contribution in [3.05, 3.63) is 29.5 Å². The first kappa shape index (κ1) is 12.9. The average molecular weight is 273 g/mol. The molecule has 0 saturated carbocycles. The Hall–Kier alpha value is -2.11. The highest BCUT2D eigenvalue weighted by molar-refractivity contribution is 5.94. The second kappa shape index (κ2) is 4.19. The van der Waals surface area contributed by atoms with E-state index in [0.717, 1.165) is 22.9 Å². The third-order valence-electron chi connectivity index (χ3n) is 3.64. The number of anilines is 1. The Kier molecular flexibility index (Phi) is 2.70. The number of hydrogen-bond acceptors (Lipinski definition) is 3. The highest BCUT2D eigenvalue weighted by Gasteiger charge is 2.37. The van der Waals surface area contributed by atoms with Gasteiger partial charge in [-0.3, -0.25) is 9.48 Å². The van der Waals surface area contributed by atoms with Crippen molar-refractivity contribution in [1.82, 2.24) is 19.7 Å².